The summed E-state index contributed by atoms with van der Waals surface area (Å²) in [4.78, 5) is 26.5. The zero-order valence-corrected chi connectivity index (χ0v) is 15.6. The van der Waals surface area contributed by atoms with Crippen LogP contribution in [-0.2, 0) is 22.6 Å². The van der Waals surface area contributed by atoms with Crippen LogP contribution in [0.5, 0.6) is 0 Å². The fourth-order valence-corrected chi connectivity index (χ4v) is 3.35. The van der Waals surface area contributed by atoms with Gasteiger partial charge in [-0.15, -0.1) is 0 Å². The molecule has 1 aliphatic heterocycles. The number of nitrogens with one attached hydrogen (secondary N) is 2. The Labute approximate surface area is 160 Å². The quantitative estimate of drug-likeness (QED) is 0.793. The van der Waals surface area contributed by atoms with Crippen LogP contribution in [0.15, 0.2) is 54.6 Å². The molecule has 27 heavy (non-hydrogen) atoms. The lowest BCUT2D eigenvalue weighted by molar-refractivity contribution is -0.123. The molecule has 0 spiro atoms. The first kappa shape index (κ1) is 19.1. The molecule has 142 valence electrons. The molecule has 3 rings (SSSR count). The first-order valence-corrected chi connectivity index (χ1v) is 9.61. The molecule has 0 radical (unpaired) electrons. The van der Waals surface area contributed by atoms with Crippen LogP contribution in [0.2, 0.25) is 0 Å². The van der Waals surface area contributed by atoms with Gasteiger partial charge in [-0.3, -0.25) is 14.5 Å². The molecule has 0 bridgehead atoms. The summed E-state index contributed by atoms with van der Waals surface area (Å²) in [5, 5.41) is 5.54. The zero-order chi connectivity index (χ0) is 18.9. The van der Waals surface area contributed by atoms with E-state index in [0.29, 0.717) is 0 Å². The van der Waals surface area contributed by atoms with Crippen LogP contribution in [-0.4, -0.2) is 36.3 Å². The molecule has 5 heteroatoms. The van der Waals surface area contributed by atoms with Crippen molar-refractivity contribution in [1.82, 2.24) is 10.2 Å². The molecule has 1 fully saturated rings. The van der Waals surface area contributed by atoms with Crippen molar-refractivity contribution >= 4 is 17.5 Å². The van der Waals surface area contributed by atoms with E-state index in [1.807, 2.05) is 48.5 Å². The molecule has 2 aromatic rings. The average Bonchev–Trinajstić information content (AvgIpc) is 2.68. The van der Waals surface area contributed by atoms with Crippen molar-refractivity contribution in [1.29, 1.82) is 0 Å². The second-order valence-electron chi connectivity index (χ2n) is 7.02. The number of hydrogen-bond donors (Lipinski definition) is 2. The molecule has 0 aromatic heterocycles. The molecule has 0 saturated carbocycles. The van der Waals surface area contributed by atoms with E-state index in [0.717, 1.165) is 30.9 Å². The van der Waals surface area contributed by atoms with Crippen LogP contribution >= 0.6 is 0 Å². The fraction of sp³-hybridized carbons (Fsp3) is 0.364. The summed E-state index contributed by atoms with van der Waals surface area (Å²) >= 11 is 0. The molecule has 1 aliphatic rings. The van der Waals surface area contributed by atoms with Gasteiger partial charge in [0, 0.05) is 12.2 Å². The van der Waals surface area contributed by atoms with Crippen molar-refractivity contribution in [2.45, 2.75) is 32.2 Å². The SMILES string of the molecule is O=C(Cc1ccccc1)NCC(=O)Nc1cccc(CN2CCCCC2)c1. The average molecular weight is 365 g/mol. The predicted molar refractivity (Wildman–Crippen MR) is 107 cm³/mol. The third-order valence-electron chi connectivity index (χ3n) is 4.72. The maximum Gasteiger partial charge on any atom is 0.243 e. The molecular formula is C22H27N3O2. The van der Waals surface area contributed by atoms with E-state index in [1.54, 1.807) is 0 Å². The zero-order valence-electron chi connectivity index (χ0n) is 15.6. The molecule has 5 nitrogen and oxygen atoms in total. The van der Waals surface area contributed by atoms with Crippen molar-refractivity contribution in [3.8, 4) is 0 Å². The minimum Gasteiger partial charge on any atom is -0.347 e. The Morgan fingerprint density at radius 3 is 2.37 bits per heavy atom. The Hall–Kier alpha value is -2.66. The first-order chi connectivity index (χ1) is 13.2. The van der Waals surface area contributed by atoms with Crippen molar-refractivity contribution in [3.63, 3.8) is 0 Å². The van der Waals surface area contributed by atoms with Gasteiger partial charge in [0.15, 0.2) is 0 Å². The van der Waals surface area contributed by atoms with E-state index in [4.69, 9.17) is 0 Å². The van der Waals surface area contributed by atoms with Gasteiger partial charge in [-0.05, 0) is 49.2 Å². The maximum absolute atomic E-state index is 12.1. The predicted octanol–water partition coefficient (Wildman–Crippen LogP) is 2.97. The van der Waals surface area contributed by atoms with Crippen molar-refractivity contribution in [2.24, 2.45) is 0 Å². The summed E-state index contributed by atoms with van der Waals surface area (Å²) in [7, 11) is 0. The number of amides is 2. The molecule has 0 atom stereocenters. The Morgan fingerprint density at radius 2 is 1.59 bits per heavy atom. The van der Waals surface area contributed by atoms with Crippen LogP contribution in [0.3, 0.4) is 0 Å². The van der Waals surface area contributed by atoms with Crippen LogP contribution in [0.1, 0.15) is 30.4 Å². The third-order valence-corrected chi connectivity index (χ3v) is 4.72. The number of anilines is 1. The van der Waals surface area contributed by atoms with Gasteiger partial charge in [0.05, 0.1) is 13.0 Å². The number of rotatable bonds is 7. The number of hydrogen-bond acceptors (Lipinski definition) is 3. The van der Waals surface area contributed by atoms with Gasteiger partial charge in [-0.1, -0.05) is 48.9 Å². The highest BCUT2D eigenvalue weighted by atomic mass is 16.2. The Balaban J connectivity index is 1.44. The van der Waals surface area contributed by atoms with Crippen molar-refractivity contribution < 1.29 is 9.59 Å². The normalized spacial score (nSPS) is 14.5. The molecule has 2 amide bonds. The molecule has 1 saturated heterocycles. The van der Waals surface area contributed by atoms with Crippen molar-refractivity contribution in [2.75, 3.05) is 25.0 Å². The first-order valence-electron chi connectivity index (χ1n) is 9.61. The number of benzene rings is 2. The van der Waals surface area contributed by atoms with Crippen LogP contribution in [0.4, 0.5) is 5.69 Å². The molecule has 0 unspecified atom stereocenters. The smallest absolute Gasteiger partial charge is 0.243 e. The highest BCUT2D eigenvalue weighted by Crippen LogP contribution is 2.16. The van der Waals surface area contributed by atoms with Gasteiger partial charge >= 0.3 is 0 Å². The van der Waals surface area contributed by atoms with Crippen molar-refractivity contribution in [3.05, 3.63) is 65.7 Å². The fourth-order valence-electron chi connectivity index (χ4n) is 3.35. The van der Waals surface area contributed by atoms with E-state index in [1.165, 1.54) is 24.8 Å². The summed E-state index contributed by atoms with van der Waals surface area (Å²) in [5.41, 5.74) is 2.90. The lowest BCUT2D eigenvalue weighted by Crippen LogP contribution is -2.33. The largest absolute Gasteiger partial charge is 0.347 e. The lowest BCUT2D eigenvalue weighted by Gasteiger charge is -2.26. The lowest BCUT2D eigenvalue weighted by atomic mass is 10.1. The molecule has 2 N–H and O–H groups in total. The number of likely N-dealkylation sites (tertiary alicyclic amines) is 1. The van der Waals surface area contributed by atoms with Gasteiger partial charge in [0.2, 0.25) is 11.8 Å². The Bertz CT molecular complexity index is 755. The third kappa shape index (κ3) is 6.53. The number of nitrogens with zero attached hydrogens (tertiary/aromatic N) is 1. The van der Waals surface area contributed by atoms with Gasteiger partial charge in [-0.25, -0.2) is 0 Å². The van der Waals surface area contributed by atoms with Gasteiger partial charge in [0.25, 0.3) is 0 Å². The van der Waals surface area contributed by atoms with Crippen LogP contribution in [0.25, 0.3) is 0 Å². The van der Waals surface area contributed by atoms with E-state index < -0.39 is 0 Å². The standard InChI is InChI=1S/C22H27N3O2/c26-21(15-18-8-3-1-4-9-18)23-16-22(27)24-20-11-7-10-19(14-20)17-25-12-5-2-6-13-25/h1,3-4,7-11,14H,2,5-6,12-13,15-17H2,(H,23,26)(H,24,27). The monoisotopic (exact) mass is 365 g/mol. The Kier molecular flexibility index (Phi) is 6.99. The van der Waals surface area contributed by atoms with Crippen LogP contribution < -0.4 is 10.6 Å². The minimum atomic E-state index is -0.216. The molecular weight excluding hydrogens is 338 g/mol. The second kappa shape index (κ2) is 9.88. The molecule has 0 aliphatic carbocycles. The highest BCUT2D eigenvalue weighted by Gasteiger charge is 2.11. The summed E-state index contributed by atoms with van der Waals surface area (Å²) in [6.45, 7) is 3.17. The minimum absolute atomic E-state index is 0.0258. The van der Waals surface area contributed by atoms with Gasteiger partial charge in [-0.2, -0.15) is 0 Å². The van der Waals surface area contributed by atoms with E-state index in [2.05, 4.69) is 21.6 Å². The van der Waals surface area contributed by atoms with E-state index >= 15 is 0 Å². The summed E-state index contributed by atoms with van der Waals surface area (Å²) in [6, 6.07) is 17.4. The van der Waals surface area contributed by atoms with E-state index in [9.17, 15) is 9.59 Å². The number of carbonyl (C=O) groups is 2. The van der Waals surface area contributed by atoms with Gasteiger partial charge < -0.3 is 10.6 Å². The highest BCUT2D eigenvalue weighted by molar-refractivity contribution is 5.94. The summed E-state index contributed by atoms with van der Waals surface area (Å²) in [6.07, 6.45) is 4.13. The topological polar surface area (TPSA) is 61.4 Å². The number of carbonyl (C=O) groups excluding carboxylic acids is 2. The van der Waals surface area contributed by atoms with E-state index in [-0.39, 0.29) is 24.8 Å². The van der Waals surface area contributed by atoms with Crippen LogP contribution in [0, 0.1) is 0 Å². The summed E-state index contributed by atoms with van der Waals surface area (Å²) < 4.78 is 0. The second-order valence-corrected chi connectivity index (χ2v) is 7.02. The summed E-state index contributed by atoms with van der Waals surface area (Å²) in [5.74, 6) is -0.373. The molecule has 1 heterocycles. The Morgan fingerprint density at radius 1 is 0.852 bits per heavy atom. The molecule has 2 aromatic carbocycles. The van der Waals surface area contributed by atoms with Gasteiger partial charge in [0.1, 0.15) is 0 Å². The number of piperidine rings is 1. The maximum atomic E-state index is 12.1.